The van der Waals surface area contributed by atoms with Crippen LogP contribution in [0.25, 0.3) is 0 Å². The summed E-state index contributed by atoms with van der Waals surface area (Å²) in [5.41, 5.74) is 1.17. The predicted molar refractivity (Wildman–Crippen MR) is 97.1 cm³/mol. The van der Waals surface area contributed by atoms with Gasteiger partial charge < -0.3 is 20.4 Å². The molecule has 6 nitrogen and oxygen atoms in total. The largest absolute Gasteiger partial charge is 0.356 e. The number of nitrogens with zero attached hydrogens (tertiary/aromatic N) is 4. The van der Waals surface area contributed by atoms with Crippen molar-refractivity contribution in [1.82, 2.24) is 20.5 Å². The van der Waals surface area contributed by atoms with E-state index in [9.17, 15) is 0 Å². The Kier molecular flexibility index (Phi) is 7.13. The zero-order valence-corrected chi connectivity index (χ0v) is 14.7. The van der Waals surface area contributed by atoms with Gasteiger partial charge in [-0.05, 0) is 25.1 Å². The van der Waals surface area contributed by atoms with Gasteiger partial charge in [0, 0.05) is 52.5 Å². The Morgan fingerprint density at radius 1 is 1.22 bits per heavy atom. The molecule has 0 amide bonds. The van der Waals surface area contributed by atoms with Crippen LogP contribution in [-0.4, -0.2) is 62.7 Å². The predicted octanol–water partition coefficient (Wildman–Crippen LogP) is 1.30. The van der Waals surface area contributed by atoms with Crippen molar-refractivity contribution < 1.29 is 0 Å². The number of hydrogen-bond acceptors (Lipinski definition) is 4. The smallest absolute Gasteiger partial charge is 0.191 e. The summed E-state index contributed by atoms with van der Waals surface area (Å²) in [6.45, 7) is 8.18. The molecule has 1 fully saturated rings. The van der Waals surface area contributed by atoms with Crippen LogP contribution in [0.1, 0.15) is 25.3 Å². The molecule has 0 bridgehead atoms. The van der Waals surface area contributed by atoms with Gasteiger partial charge >= 0.3 is 0 Å². The van der Waals surface area contributed by atoms with Crippen molar-refractivity contribution >= 4 is 11.8 Å². The highest BCUT2D eigenvalue weighted by atomic mass is 15.3. The molecule has 1 aromatic heterocycles. The summed E-state index contributed by atoms with van der Waals surface area (Å²) in [6, 6.07) is 4.27. The second-order valence-electron chi connectivity index (χ2n) is 6.02. The summed E-state index contributed by atoms with van der Waals surface area (Å²) in [6.07, 6.45) is 4.30. The molecular weight excluding hydrogens is 288 g/mol. The lowest BCUT2D eigenvalue weighted by Crippen LogP contribution is -2.44. The monoisotopic (exact) mass is 318 g/mol. The summed E-state index contributed by atoms with van der Waals surface area (Å²) in [7, 11) is 3.97. The van der Waals surface area contributed by atoms with Crippen molar-refractivity contribution in [3.05, 3.63) is 23.9 Å². The average Bonchev–Trinajstić information content (AvgIpc) is 2.59. The lowest BCUT2D eigenvalue weighted by atomic mass is 10.2. The maximum Gasteiger partial charge on any atom is 0.191 e. The molecule has 1 saturated heterocycles. The molecule has 0 atom stereocenters. The summed E-state index contributed by atoms with van der Waals surface area (Å²) in [4.78, 5) is 13.6. The summed E-state index contributed by atoms with van der Waals surface area (Å²) >= 11 is 0. The van der Waals surface area contributed by atoms with Crippen molar-refractivity contribution in [2.45, 2.75) is 26.3 Å². The number of aromatic nitrogens is 1. The van der Waals surface area contributed by atoms with Crippen LogP contribution in [0.5, 0.6) is 0 Å². The number of pyridine rings is 1. The Morgan fingerprint density at radius 2 is 2.00 bits per heavy atom. The fraction of sp³-hybridized carbons (Fsp3) is 0.647. The van der Waals surface area contributed by atoms with Crippen LogP contribution >= 0.6 is 0 Å². The molecule has 23 heavy (non-hydrogen) atoms. The van der Waals surface area contributed by atoms with Crippen molar-refractivity contribution in [3.8, 4) is 0 Å². The lowest BCUT2D eigenvalue weighted by molar-refractivity contribution is 0.312. The molecule has 0 aromatic carbocycles. The quantitative estimate of drug-likeness (QED) is 0.470. The van der Waals surface area contributed by atoms with Gasteiger partial charge in [-0.2, -0.15) is 0 Å². The van der Waals surface area contributed by atoms with Gasteiger partial charge in [0.2, 0.25) is 0 Å². The number of likely N-dealkylation sites (N-methyl/N-ethyl adjacent to an activating group) is 1. The highest BCUT2D eigenvalue weighted by Crippen LogP contribution is 2.13. The molecule has 1 aliphatic heterocycles. The van der Waals surface area contributed by atoms with E-state index in [1.165, 1.54) is 12.0 Å². The van der Waals surface area contributed by atoms with E-state index >= 15 is 0 Å². The molecule has 0 radical (unpaired) electrons. The molecule has 2 N–H and O–H groups in total. The third kappa shape index (κ3) is 5.71. The van der Waals surface area contributed by atoms with Gasteiger partial charge in [-0.1, -0.05) is 19.4 Å². The first kappa shape index (κ1) is 17.5. The zero-order valence-electron chi connectivity index (χ0n) is 14.7. The minimum atomic E-state index is 0.738. The number of nitrogens with one attached hydrogen (secondary N) is 2. The van der Waals surface area contributed by atoms with E-state index in [4.69, 9.17) is 0 Å². The average molecular weight is 318 g/mol. The van der Waals surface area contributed by atoms with Crippen molar-refractivity contribution in [3.63, 3.8) is 0 Å². The Balaban J connectivity index is 1.80. The molecule has 128 valence electrons. The summed E-state index contributed by atoms with van der Waals surface area (Å²) in [5, 5.41) is 6.64. The second-order valence-corrected chi connectivity index (χ2v) is 6.02. The van der Waals surface area contributed by atoms with E-state index in [0.717, 1.165) is 57.5 Å². The lowest BCUT2D eigenvalue weighted by Gasteiger charge is -2.33. The van der Waals surface area contributed by atoms with Gasteiger partial charge in [-0.15, -0.1) is 0 Å². The molecule has 2 heterocycles. The third-order valence-electron chi connectivity index (χ3n) is 4.14. The topological polar surface area (TPSA) is 55.8 Å². The first-order chi connectivity index (χ1) is 11.2. The molecule has 6 heteroatoms. The fourth-order valence-corrected chi connectivity index (χ4v) is 2.53. The maximum atomic E-state index is 4.61. The highest BCUT2D eigenvalue weighted by Gasteiger charge is 2.14. The number of hydrogen-bond donors (Lipinski definition) is 2. The van der Waals surface area contributed by atoms with Gasteiger partial charge in [-0.25, -0.2) is 4.98 Å². The molecule has 0 spiro atoms. The number of unbranched alkanes of at least 4 members (excludes halogenated alkanes) is 1. The van der Waals surface area contributed by atoms with E-state index in [1.54, 1.807) is 7.05 Å². The second kappa shape index (κ2) is 9.35. The maximum absolute atomic E-state index is 4.61. The van der Waals surface area contributed by atoms with Crippen LogP contribution in [0.3, 0.4) is 0 Å². The molecule has 0 aliphatic carbocycles. The Bertz CT molecular complexity index is 476. The minimum Gasteiger partial charge on any atom is -0.356 e. The van der Waals surface area contributed by atoms with Crippen LogP contribution in [-0.2, 0) is 6.54 Å². The van der Waals surface area contributed by atoms with Crippen LogP contribution in [0.15, 0.2) is 23.3 Å². The van der Waals surface area contributed by atoms with Gasteiger partial charge in [0.15, 0.2) is 5.96 Å². The Morgan fingerprint density at radius 3 is 2.61 bits per heavy atom. The number of piperazine rings is 1. The van der Waals surface area contributed by atoms with Crippen LogP contribution < -0.4 is 15.5 Å². The number of guanidine groups is 1. The number of anilines is 1. The Hall–Kier alpha value is -1.82. The van der Waals surface area contributed by atoms with Crippen LogP contribution in [0.2, 0.25) is 0 Å². The van der Waals surface area contributed by atoms with Crippen molar-refractivity contribution in [2.24, 2.45) is 4.99 Å². The van der Waals surface area contributed by atoms with Crippen LogP contribution in [0.4, 0.5) is 5.82 Å². The standard InChI is InChI=1S/C17H30N6/c1-4-5-8-19-17(18-2)21-14-15-6-7-16(20-13-15)23-11-9-22(3)10-12-23/h6-7,13H,4-5,8-12,14H2,1-3H3,(H2,18,19,21). The van der Waals surface area contributed by atoms with E-state index < -0.39 is 0 Å². The number of rotatable bonds is 6. The molecule has 1 aliphatic rings. The minimum absolute atomic E-state index is 0.738. The van der Waals surface area contributed by atoms with Crippen molar-refractivity contribution in [2.75, 3.05) is 51.7 Å². The zero-order chi connectivity index (χ0) is 16.5. The molecule has 1 aromatic rings. The molecular formula is C17H30N6. The van der Waals surface area contributed by atoms with E-state index in [2.05, 4.69) is 56.5 Å². The van der Waals surface area contributed by atoms with Crippen molar-refractivity contribution in [1.29, 1.82) is 0 Å². The summed E-state index contributed by atoms with van der Waals surface area (Å²) in [5.74, 6) is 1.92. The van der Waals surface area contributed by atoms with E-state index in [1.807, 2.05) is 6.20 Å². The Labute approximate surface area is 140 Å². The fourth-order valence-electron chi connectivity index (χ4n) is 2.53. The molecule has 0 unspecified atom stereocenters. The van der Waals surface area contributed by atoms with E-state index in [0.29, 0.717) is 0 Å². The molecule has 2 rings (SSSR count). The first-order valence-electron chi connectivity index (χ1n) is 8.56. The van der Waals surface area contributed by atoms with E-state index in [-0.39, 0.29) is 0 Å². The van der Waals surface area contributed by atoms with Gasteiger partial charge in [-0.3, -0.25) is 4.99 Å². The SMILES string of the molecule is CCCCNC(=NC)NCc1ccc(N2CCN(C)CC2)nc1. The summed E-state index contributed by atoms with van der Waals surface area (Å²) < 4.78 is 0. The first-order valence-corrected chi connectivity index (χ1v) is 8.56. The van der Waals surface area contributed by atoms with Gasteiger partial charge in [0.25, 0.3) is 0 Å². The van der Waals surface area contributed by atoms with Crippen LogP contribution in [0, 0.1) is 0 Å². The molecule has 0 saturated carbocycles. The highest BCUT2D eigenvalue weighted by molar-refractivity contribution is 5.79. The van der Waals surface area contributed by atoms with Gasteiger partial charge in [0.05, 0.1) is 0 Å². The van der Waals surface area contributed by atoms with Gasteiger partial charge in [0.1, 0.15) is 5.82 Å². The number of aliphatic imine (C=N–C) groups is 1. The third-order valence-corrected chi connectivity index (χ3v) is 4.14. The normalized spacial score (nSPS) is 16.5.